The van der Waals surface area contributed by atoms with E-state index in [1.165, 1.54) is 28.8 Å². The zero-order chi connectivity index (χ0) is 40.4. The number of nitrogens with zero attached hydrogens (tertiary/aromatic N) is 4. The fourth-order valence-corrected chi connectivity index (χ4v) is 11.6. The molecule has 57 heavy (non-hydrogen) atoms. The maximum Gasteiger partial charge on any atom is 0.488 e. The number of aromatic nitrogens is 2. The van der Waals surface area contributed by atoms with Gasteiger partial charge in [-0.05, 0) is 113 Å². The highest BCUT2D eigenvalue weighted by atomic mass is 79.9. The van der Waals surface area contributed by atoms with Crippen LogP contribution in [-0.4, -0.2) is 62.8 Å². The van der Waals surface area contributed by atoms with E-state index in [0.29, 0.717) is 26.6 Å². The summed E-state index contributed by atoms with van der Waals surface area (Å²) in [4.78, 5) is 62.0. The Morgan fingerprint density at radius 2 is 1.77 bits per heavy atom. The summed E-state index contributed by atoms with van der Waals surface area (Å²) in [6.07, 6.45) is 2.28. The molecule has 9 rings (SSSR count). The molecule has 0 spiro atoms. The number of benzene rings is 3. The maximum atomic E-state index is 15.2. The van der Waals surface area contributed by atoms with Crippen molar-refractivity contribution in [2.24, 2.45) is 36.1 Å². The second-order valence-corrected chi connectivity index (χ2v) is 17.7. The van der Waals surface area contributed by atoms with Crippen LogP contribution in [0, 0.1) is 36.0 Å². The Balaban J connectivity index is 1.16. The number of halogens is 2. The molecule has 0 radical (unpaired) electrons. The van der Waals surface area contributed by atoms with E-state index in [4.69, 9.17) is 21.4 Å². The summed E-state index contributed by atoms with van der Waals surface area (Å²) in [6.45, 7) is 3.77. The van der Waals surface area contributed by atoms with Crippen LogP contribution in [0.15, 0.2) is 76.8 Å². The van der Waals surface area contributed by atoms with Crippen molar-refractivity contribution in [3.05, 3.63) is 92.9 Å². The zero-order valence-corrected chi connectivity index (χ0v) is 34.2. The number of amides is 4. The minimum absolute atomic E-state index is 0.126. The molecule has 0 unspecified atom stereocenters. The highest BCUT2D eigenvalue weighted by Crippen LogP contribution is 2.64. The van der Waals surface area contributed by atoms with Crippen LogP contribution in [0.4, 0.5) is 11.5 Å². The van der Waals surface area contributed by atoms with Gasteiger partial charge in [0.15, 0.2) is 11.5 Å². The predicted octanol–water partition coefficient (Wildman–Crippen LogP) is 5.86. The minimum Gasteiger partial charge on any atom is -0.503 e. The van der Waals surface area contributed by atoms with Gasteiger partial charge in [-0.2, -0.15) is 5.10 Å². The lowest BCUT2D eigenvalue weighted by Crippen LogP contribution is -2.49. The smallest absolute Gasteiger partial charge is 0.488 e. The number of ether oxygens (including phenoxy) is 1. The lowest BCUT2D eigenvalue weighted by molar-refractivity contribution is -0.131. The Kier molecular flexibility index (Phi) is 8.87. The van der Waals surface area contributed by atoms with Gasteiger partial charge in [-0.25, -0.2) is 4.90 Å². The van der Waals surface area contributed by atoms with Crippen LogP contribution < -0.4 is 20.0 Å². The SMILES string of the molecule is COc1cc([C@H]2C3=CC[C@@H]4C(=O)N(c5cccc(B(O)O)c5)C(=O)[C@@H]4[C@@H]3C[C@H]3C(=O)N(c4cc(-c5sc6ccc(Cl)cc6c5C)nn4C)C(=O)[C@@]23C)cc(Br)c1O. The standard InChI is InChI=1S/C41H35BBrClN4O8S/c1-18-25-15-21(44)8-11-31(25)57-36(18)29-17-32(46(3)45-29)48-38(51)27-16-26-23(34(41(27,2)40(48)53)19-12-28(43)35(49)30(13-19)56-4)9-10-24-33(26)39(52)47(37(24)50)22-7-5-6-20(14-22)42(54)55/h5-9,11-15,17,24,26-27,33-34,49,54-55H,10,16H2,1-4H3/t24-,26+,27-,33-,34-,41+/m0/s1. The van der Waals surface area contributed by atoms with E-state index >= 15 is 4.79 Å². The fourth-order valence-electron chi connectivity index (χ4n) is 9.82. The Morgan fingerprint density at radius 3 is 2.51 bits per heavy atom. The van der Waals surface area contributed by atoms with E-state index < -0.39 is 65.8 Å². The minimum atomic E-state index is -1.80. The van der Waals surface area contributed by atoms with E-state index in [1.807, 2.05) is 31.2 Å². The number of imide groups is 2. The molecule has 0 bridgehead atoms. The van der Waals surface area contributed by atoms with Gasteiger partial charge in [0.05, 0.1) is 45.3 Å². The Bertz CT molecular complexity index is 2640. The zero-order valence-electron chi connectivity index (χ0n) is 31.1. The lowest BCUT2D eigenvalue weighted by atomic mass is 9.51. The van der Waals surface area contributed by atoms with Crippen molar-refractivity contribution in [1.29, 1.82) is 0 Å². The van der Waals surface area contributed by atoms with Gasteiger partial charge in [-0.15, -0.1) is 11.3 Å². The topological polar surface area (TPSA) is 162 Å². The van der Waals surface area contributed by atoms with Gasteiger partial charge in [-0.3, -0.25) is 28.8 Å². The number of hydrogen-bond acceptors (Lipinski definition) is 10. The van der Waals surface area contributed by atoms with Gasteiger partial charge in [-0.1, -0.05) is 35.4 Å². The third kappa shape index (κ3) is 5.42. The first-order valence-corrected chi connectivity index (χ1v) is 20.4. The van der Waals surface area contributed by atoms with E-state index in [9.17, 15) is 29.5 Å². The largest absolute Gasteiger partial charge is 0.503 e. The highest BCUT2D eigenvalue weighted by molar-refractivity contribution is 9.10. The average molecular weight is 870 g/mol. The number of rotatable bonds is 6. The molecule has 12 nitrogen and oxygen atoms in total. The van der Waals surface area contributed by atoms with Crippen molar-refractivity contribution in [2.75, 3.05) is 16.9 Å². The third-order valence-corrected chi connectivity index (χ3v) is 14.7. The number of anilines is 2. The number of hydrogen-bond donors (Lipinski definition) is 3. The summed E-state index contributed by atoms with van der Waals surface area (Å²) in [7, 11) is 1.31. The molecule has 3 fully saturated rings. The first-order valence-electron chi connectivity index (χ1n) is 18.4. The van der Waals surface area contributed by atoms with Crippen molar-refractivity contribution >= 4 is 96.7 Å². The van der Waals surface area contributed by atoms with Crippen LogP contribution in [0.1, 0.15) is 36.8 Å². The number of aromatic hydroxyl groups is 1. The number of methoxy groups -OCH3 is 1. The van der Waals surface area contributed by atoms with Crippen molar-refractivity contribution in [1.82, 2.24) is 9.78 Å². The quantitative estimate of drug-likeness (QED) is 0.108. The molecule has 4 aliphatic rings. The first kappa shape index (κ1) is 37.8. The first-order chi connectivity index (χ1) is 27.1. The summed E-state index contributed by atoms with van der Waals surface area (Å²) in [6, 6.07) is 16.8. The van der Waals surface area contributed by atoms with Crippen molar-refractivity contribution in [3.8, 4) is 22.1 Å². The number of fused-ring (bicyclic) bond motifs is 5. The Morgan fingerprint density at radius 1 is 1.00 bits per heavy atom. The van der Waals surface area contributed by atoms with Crippen molar-refractivity contribution in [2.45, 2.75) is 32.6 Å². The summed E-state index contributed by atoms with van der Waals surface area (Å²) < 4.78 is 8.43. The summed E-state index contributed by atoms with van der Waals surface area (Å²) in [5.41, 5.74) is 1.90. The molecule has 4 heterocycles. The van der Waals surface area contributed by atoms with E-state index in [0.717, 1.165) is 31.0 Å². The van der Waals surface area contributed by atoms with Crippen LogP contribution in [0.3, 0.4) is 0 Å². The molecule has 2 aliphatic heterocycles. The van der Waals surface area contributed by atoms with Gasteiger partial charge in [0.2, 0.25) is 23.6 Å². The average Bonchev–Trinajstić information content (AvgIpc) is 3.85. The van der Waals surface area contributed by atoms with E-state index in [2.05, 4.69) is 15.9 Å². The molecule has 6 atom stereocenters. The molecular formula is C41H35BBrClN4O8S. The second kappa shape index (κ2) is 13.4. The lowest BCUT2D eigenvalue weighted by Gasteiger charge is -2.49. The number of thiophene rings is 1. The van der Waals surface area contributed by atoms with E-state index in [1.54, 1.807) is 55.6 Å². The Labute approximate surface area is 344 Å². The summed E-state index contributed by atoms with van der Waals surface area (Å²) >= 11 is 11.3. The fraction of sp³-hybridized carbons (Fsp3) is 0.293. The van der Waals surface area contributed by atoms with E-state index in [-0.39, 0.29) is 35.5 Å². The molecule has 4 amide bonds. The van der Waals surface area contributed by atoms with Crippen LogP contribution in [-0.2, 0) is 26.2 Å². The predicted molar refractivity (Wildman–Crippen MR) is 220 cm³/mol. The monoisotopic (exact) mass is 868 g/mol. The molecule has 3 aromatic carbocycles. The molecular weight excluding hydrogens is 835 g/mol. The molecule has 2 aromatic heterocycles. The number of phenolic OH excluding ortho intramolecular Hbond substituents is 1. The van der Waals surface area contributed by atoms with Crippen LogP contribution in [0.2, 0.25) is 5.02 Å². The van der Waals surface area contributed by atoms with Gasteiger partial charge < -0.3 is 19.9 Å². The molecule has 2 aliphatic carbocycles. The number of aryl methyl sites for hydroxylation is 2. The van der Waals surface area contributed by atoms with Crippen LogP contribution >= 0.6 is 38.9 Å². The van der Waals surface area contributed by atoms with Gasteiger partial charge in [0.1, 0.15) is 11.5 Å². The number of allylic oxidation sites excluding steroid dienone is 2. The molecule has 1 saturated carbocycles. The van der Waals surface area contributed by atoms with Crippen molar-refractivity contribution < 1.29 is 39.1 Å². The molecule has 3 N–H and O–H groups in total. The number of phenols is 1. The van der Waals surface area contributed by atoms with Crippen molar-refractivity contribution in [3.63, 3.8) is 0 Å². The number of carbonyl (C=O) groups is 4. The Hall–Kier alpha value is -4.80. The maximum absolute atomic E-state index is 15.2. The second-order valence-electron chi connectivity index (χ2n) is 15.4. The van der Waals surface area contributed by atoms with Crippen LogP contribution in [0.5, 0.6) is 11.5 Å². The molecule has 5 aromatic rings. The highest BCUT2D eigenvalue weighted by Gasteiger charge is 2.68. The molecule has 290 valence electrons. The normalized spacial score (nSPS) is 25.5. The molecule has 16 heteroatoms. The summed E-state index contributed by atoms with van der Waals surface area (Å²) in [5, 5.41) is 36.9. The van der Waals surface area contributed by atoms with Gasteiger partial charge in [0, 0.05) is 28.8 Å². The van der Waals surface area contributed by atoms with Crippen LogP contribution in [0.25, 0.3) is 20.7 Å². The number of carbonyl (C=O) groups excluding carboxylic acids is 4. The molecule has 2 saturated heterocycles. The van der Waals surface area contributed by atoms with Gasteiger partial charge in [0.25, 0.3) is 0 Å². The summed E-state index contributed by atoms with van der Waals surface area (Å²) in [5.74, 6) is -5.28. The van der Waals surface area contributed by atoms with Gasteiger partial charge >= 0.3 is 7.12 Å². The third-order valence-electron chi connectivity index (χ3n) is 12.5.